The van der Waals surface area contributed by atoms with Gasteiger partial charge in [-0.15, -0.1) is 0 Å². The number of aryl methyl sites for hydroxylation is 1. The highest BCUT2D eigenvalue weighted by Gasteiger charge is 2.42. The van der Waals surface area contributed by atoms with Crippen LogP contribution in [-0.4, -0.2) is 18.8 Å². The van der Waals surface area contributed by atoms with E-state index in [0.29, 0.717) is 12.8 Å². The molecule has 2 atom stereocenters. The highest BCUT2D eigenvalue weighted by atomic mass is 32.2. The van der Waals surface area contributed by atoms with Crippen molar-refractivity contribution in [1.82, 2.24) is 4.31 Å². The molecule has 0 N–H and O–H groups in total. The highest BCUT2D eigenvalue weighted by Crippen LogP contribution is 2.41. The number of halogens is 1. The zero-order valence-electron chi connectivity index (χ0n) is 13.9. The van der Waals surface area contributed by atoms with Crippen molar-refractivity contribution in [3.05, 3.63) is 65.5 Å². The lowest BCUT2D eigenvalue weighted by molar-refractivity contribution is 0.328. The van der Waals surface area contributed by atoms with Crippen molar-refractivity contribution in [3.63, 3.8) is 0 Å². The first kappa shape index (κ1) is 17.6. The number of sulfonamides is 1. The van der Waals surface area contributed by atoms with Gasteiger partial charge in [-0.1, -0.05) is 29.8 Å². The van der Waals surface area contributed by atoms with Gasteiger partial charge in [0.2, 0.25) is 10.0 Å². The van der Waals surface area contributed by atoms with Crippen LogP contribution >= 0.6 is 0 Å². The maximum absolute atomic E-state index is 13.2. The molecule has 0 amide bonds. The SMILES string of the molecule is Cc1ccc(S(=O)(=O)N2C(CC#N)CCC2c2ccc(F)cc2)cc1. The van der Waals surface area contributed by atoms with Crippen molar-refractivity contribution in [3.8, 4) is 6.07 Å². The number of nitriles is 1. The second-order valence-electron chi connectivity index (χ2n) is 6.31. The van der Waals surface area contributed by atoms with Crippen molar-refractivity contribution >= 4 is 10.0 Å². The number of nitrogens with zero attached hydrogens (tertiary/aromatic N) is 2. The normalized spacial score (nSPS) is 21.2. The minimum absolute atomic E-state index is 0.142. The standard InChI is InChI=1S/C19H19FN2O2S/c1-14-2-9-18(10-3-14)25(23,24)22-17(12-13-21)8-11-19(22)15-4-6-16(20)7-5-15/h2-7,9-10,17,19H,8,11-12H2,1H3. The van der Waals surface area contributed by atoms with Crippen molar-refractivity contribution in [1.29, 1.82) is 5.26 Å². The third kappa shape index (κ3) is 3.44. The first-order chi connectivity index (χ1) is 11.9. The molecule has 1 saturated heterocycles. The second kappa shape index (κ2) is 6.95. The summed E-state index contributed by atoms with van der Waals surface area (Å²) >= 11 is 0. The molecule has 1 fully saturated rings. The van der Waals surface area contributed by atoms with Gasteiger partial charge in [-0.05, 0) is 49.6 Å². The van der Waals surface area contributed by atoms with E-state index < -0.39 is 10.0 Å². The molecule has 2 aromatic rings. The van der Waals surface area contributed by atoms with Gasteiger partial charge < -0.3 is 0 Å². The van der Waals surface area contributed by atoms with Crippen LogP contribution in [0, 0.1) is 24.1 Å². The van der Waals surface area contributed by atoms with Gasteiger partial charge in [0.1, 0.15) is 5.82 Å². The molecule has 0 saturated carbocycles. The van der Waals surface area contributed by atoms with E-state index in [-0.39, 0.29) is 29.2 Å². The highest BCUT2D eigenvalue weighted by molar-refractivity contribution is 7.89. The molecular formula is C19H19FN2O2S. The zero-order valence-corrected chi connectivity index (χ0v) is 14.7. The molecule has 130 valence electrons. The van der Waals surface area contributed by atoms with Crippen molar-refractivity contribution in [2.24, 2.45) is 0 Å². The number of benzene rings is 2. The topological polar surface area (TPSA) is 61.2 Å². The molecule has 3 rings (SSSR count). The fourth-order valence-electron chi connectivity index (χ4n) is 3.35. The van der Waals surface area contributed by atoms with Crippen molar-refractivity contribution < 1.29 is 12.8 Å². The third-order valence-electron chi connectivity index (χ3n) is 4.62. The summed E-state index contributed by atoms with van der Waals surface area (Å²) in [6, 6.07) is 13.9. The molecule has 4 nitrogen and oxygen atoms in total. The first-order valence-corrected chi connectivity index (χ1v) is 9.60. The maximum atomic E-state index is 13.2. The van der Waals surface area contributed by atoms with Crippen LogP contribution in [0.5, 0.6) is 0 Å². The van der Waals surface area contributed by atoms with Gasteiger partial charge in [-0.3, -0.25) is 0 Å². The Morgan fingerprint density at radius 2 is 1.76 bits per heavy atom. The molecular weight excluding hydrogens is 339 g/mol. The van der Waals surface area contributed by atoms with Crippen LogP contribution in [0.25, 0.3) is 0 Å². The van der Waals surface area contributed by atoms with Crippen LogP contribution in [0.1, 0.15) is 36.4 Å². The number of rotatable bonds is 4. The summed E-state index contributed by atoms with van der Waals surface area (Å²) in [6.07, 6.45) is 1.37. The minimum atomic E-state index is -3.75. The van der Waals surface area contributed by atoms with Crippen LogP contribution in [0.15, 0.2) is 53.4 Å². The molecule has 0 aliphatic carbocycles. The van der Waals surface area contributed by atoms with Crippen LogP contribution in [0.3, 0.4) is 0 Å². The van der Waals surface area contributed by atoms with Gasteiger partial charge in [-0.2, -0.15) is 9.57 Å². The van der Waals surface area contributed by atoms with Crippen LogP contribution in [0.2, 0.25) is 0 Å². The van der Waals surface area contributed by atoms with E-state index in [4.69, 9.17) is 5.26 Å². The summed E-state index contributed by atoms with van der Waals surface area (Å²) in [7, 11) is -3.75. The minimum Gasteiger partial charge on any atom is -0.207 e. The lowest BCUT2D eigenvalue weighted by Gasteiger charge is -2.29. The molecule has 2 unspecified atom stereocenters. The lowest BCUT2D eigenvalue weighted by Crippen LogP contribution is -2.37. The fourth-order valence-corrected chi connectivity index (χ4v) is 5.21. The molecule has 0 bridgehead atoms. The molecule has 6 heteroatoms. The predicted octanol–water partition coefficient (Wildman–Crippen LogP) is 3.94. The van der Waals surface area contributed by atoms with E-state index in [0.717, 1.165) is 11.1 Å². The third-order valence-corrected chi connectivity index (χ3v) is 6.59. The Labute approximate surface area is 147 Å². The summed E-state index contributed by atoms with van der Waals surface area (Å²) in [5.41, 5.74) is 1.72. The van der Waals surface area contributed by atoms with E-state index in [9.17, 15) is 12.8 Å². The van der Waals surface area contributed by atoms with Gasteiger partial charge in [0, 0.05) is 6.04 Å². The molecule has 0 radical (unpaired) electrons. The first-order valence-electron chi connectivity index (χ1n) is 8.16. The smallest absolute Gasteiger partial charge is 0.207 e. The van der Waals surface area contributed by atoms with Gasteiger partial charge in [0.05, 0.1) is 23.4 Å². The van der Waals surface area contributed by atoms with Crippen LogP contribution < -0.4 is 0 Å². The summed E-state index contributed by atoms with van der Waals surface area (Å²) in [4.78, 5) is 0.218. The van der Waals surface area contributed by atoms with Gasteiger partial charge in [0.15, 0.2) is 0 Å². The Morgan fingerprint density at radius 1 is 1.12 bits per heavy atom. The van der Waals surface area contributed by atoms with Crippen LogP contribution in [0.4, 0.5) is 4.39 Å². The monoisotopic (exact) mass is 358 g/mol. The van der Waals surface area contributed by atoms with E-state index in [2.05, 4.69) is 6.07 Å². The molecule has 25 heavy (non-hydrogen) atoms. The number of hydrogen-bond donors (Lipinski definition) is 0. The van der Waals surface area contributed by atoms with Gasteiger partial charge in [0.25, 0.3) is 0 Å². The van der Waals surface area contributed by atoms with Gasteiger partial charge in [-0.25, -0.2) is 12.8 Å². The average molecular weight is 358 g/mol. The van der Waals surface area contributed by atoms with Crippen LogP contribution in [-0.2, 0) is 10.0 Å². The Balaban J connectivity index is 2.04. The molecule has 1 aliphatic heterocycles. The van der Waals surface area contributed by atoms with Crippen molar-refractivity contribution in [2.75, 3.05) is 0 Å². The Kier molecular flexibility index (Phi) is 4.89. The predicted molar refractivity (Wildman–Crippen MR) is 92.6 cm³/mol. The fraction of sp³-hybridized carbons (Fsp3) is 0.316. The second-order valence-corrected chi connectivity index (χ2v) is 8.15. The Morgan fingerprint density at radius 3 is 2.36 bits per heavy atom. The quantitative estimate of drug-likeness (QED) is 0.832. The zero-order chi connectivity index (χ0) is 18.0. The Hall–Kier alpha value is -2.23. The van der Waals surface area contributed by atoms with E-state index in [1.807, 2.05) is 6.92 Å². The largest absolute Gasteiger partial charge is 0.243 e. The van der Waals surface area contributed by atoms with E-state index in [1.54, 1.807) is 36.4 Å². The number of hydrogen-bond acceptors (Lipinski definition) is 3. The summed E-state index contributed by atoms with van der Waals surface area (Å²) < 4.78 is 41.1. The maximum Gasteiger partial charge on any atom is 0.243 e. The molecule has 1 aliphatic rings. The van der Waals surface area contributed by atoms with E-state index >= 15 is 0 Å². The summed E-state index contributed by atoms with van der Waals surface area (Å²) in [6.45, 7) is 1.89. The molecule has 2 aromatic carbocycles. The Bertz CT molecular complexity index is 887. The lowest BCUT2D eigenvalue weighted by atomic mass is 10.1. The van der Waals surface area contributed by atoms with Gasteiger partial charge >= 0.3 is 0 Å². The summed E-state index contributed by atoms with van der Waals surface area (Å²) in [5.74, 6) is -0.358. The van der Waals surface area contributed by atoms with Crippen molar-refractivity contribution in [2.45, 2.75) is 43.2 Å². The van der Waals surface area contributed by atoms with E-state index in [1.165, 1.54) is 16.4 Å². The molecule has 0 aromatic heterocycles. The molecule has 1 heterocycles. The average Bonchev–Trinajstić information content (AvgIpc) is 3.01. The molecule has 0 spiro atoms. The summed E-state index contributed by atoms with van der Waals surface area (Å²) in [5, 5.41) is 9.09.